The number of hydrogen-bond donors (Lipinski definition) is 2. The van der Waals surface area contributed by atoms with Crippen molar-refractivity contribution >= 4 is 29.1 Å². The normalized spacial score (nSPS) is 20.3. The Morgan fingerprint density at radius 3 is 2.41 bits per heavy atom. The summed E-state index contributed by atoms with van der Waals surface area (Å²) < 4.78 is 0. The zero-order valence-corrected chi connectivity index (χ0v) is 18.3. The second kappa shape index (κ2) is 10.2. The molecule has 0 bridgehead atoms. The van der Waals surface area contributed by atoms with Crippen LogP contribution in [0.3, 0.4) is 0 Å². The number of thiophene rings is 1. The van der Waals surface area contributed by atoms with Crippen molar-refractivity contribution in [1.82, 2.24) is 15.5 Å². The number of amides is 3. The van der Waals surface area contributed by atoms with E-state index in [0.717, 1.165) is 44.9 Å². The summed E-state index contributed by atoms with van der Waals surface area (Å²) in [5, 5.41) is 7.86. The quantitative estimate of drug-likeness (QED) is 0.712. The summed E-state index contributed by atoms with van der Waals surface area (Å²) in [4.78, 5) is 40.8. The molecule has 29 heavy (non-hydrogen) atoms. The van der Waals surface area contributed by atoms with Crippen LogP contribution in [0.2, 0.25) is 0 Å². The van der Waals surface area contributed by atoms with Crippen molar-refractivity contribution in [2.24, 2.45) is 11.8 Å². The minimum absolute atomic E-state index is 0.0376. The van der Waals surface area contributed by atoms with Gasteiger partial charge in [-0.15, -0.1) is 11.3 Å². The third-order valence-corrected chi connectivity index (χ3v) is 7.21. The molecule has 0 radical (unpaired) electrons. The largest absolute Gasteiger partial charge is 0.352 e. The monoisotopic (exact) mass is 419 g/mol. The highest BCUT2D eigenvalue weighted by molar-refractivity contribution is 7.12. The minimum atomic E-state index is -0.567. The molecule has 2 heterocycles. The van der Waals surface area contributed by atoms with E-state index in [9.17, 15) is 14.4 Å². The Kier molecular flexibility index (Phi) is 7.70. The van der Waals surface area contributed by atoms with Crippen molar-refractivity contribution < 1.29 is 14.4 Å². The van der Waals surface area contributed by atoms with Gasteiger partial charge in [0.1, 0.15) is 6.04 Å². The Morgan fingerprint density at radius 1 is 1.14 bits per heavy atom. The van der Waals surface area contributed by atoms with Crippen molar-refractivity contribution in [3.05, 3.63) is 22.4 Å². The average Bonchev–Trinajstić information content (AvgIpc) is 3.45. The molecule has 2 aliphatic rings. The fraction of sp³-hybridized carbons (Fsp3) is 0.682. The number of rotatable bonds is 7. The molecule has 1 aliphatic heterocycles. The number of carbonyl (C=O) groups excluding carboxylic acids is 3. The molecular formula is C22H33N3O3S. The first-order valence-electron chi connectivity index (χ1n) is 10.9. The van der Waals surface area contributed by atoms with Gasteiger partial charge in [0.25, 0.3) is 5.91 Å². The van der Waals surface area contributed by atoms with E-state index in [1.165, 1.54) is 11.3 Å². The minimum Gasteiger partial charge on any atom is -0.352 e. The van der Waals surface area contributed by atoms with Crippen LogP contribution in [0, 0.1) is 11.8 Å². The van der Waals surface area contributed by atoms with Gasteiger partial charge in [0.05, 0.1) is 4.88 Å². The van der Waals surface area contributed by atoms with Crippen LogP contribution in [0.25, 0.3) is 0 Å². The molecule has 0 aromatic carbocycles. The molecule has 0 unspecified atom stereocenters. The number of likely N-dealkylation sites (tertiary alicyclic amines) is 1. The maximum Gasteiger partial charge on any atom is 0.262 e. The Morgan fingerprint density at radius 2 is 1.83 bits per heavy atom. The van der Waals surface area contributed by atoms with E-state index in [-0.39, 0.29) is 35.6 Å². The predicted octanol–water partition coefficient (Wildman–Crippen LogP) is 3.19. The lowest BCUT2D eigenvalue weighted by Gasteiger charge is -2.37. The highest BCUT2D eigenvalue weighted by atomic mass is 32.1. The van der Waals surface area contributed by atoms with E-state index in [4.69, 9.17) is 0 Å². The standard InChI is InChI=1S/C22H33N3O3S/c1-3-15(2)23-21(27)19(24-20(26)18-9-6-14-29-18)16-10-12-25(13-11-16)22(28)17-7-4-5-8-17/h6,9,14-17,19H,3-5,7-8,10-13H2,1-2H3,(H,23,27)(H,24,26)/t15-,19+/m0/s1. The molecule has 1 aromatic rings. The van der Waals surface area contributed by atoms with Crippen molar-refractivity contribution in [2.45, 2.75) is 70.9 Å². The fourth-order valence-corrected chi connectivity index (χ4v) is 4.96. The van der Waals surface area contributed by atoms with E-state index in [1.807, 2.05) is 30.2 Å². The summed E-state index contributed by atoms with van der Waals surface area (Å²) in [5.74, 6) is 0.188. The molecule has 1 aliphatic carbocycles. The van der Waals surface area contributed by atoms with E-state index < -0.39 is 6.04 Å². The molecule has 2 N–H and O–H groups in total. The molecule has 7 heteroatoms. The number of hydrogen-bond acceptors (Lipinski definition) is 4. The second-order valence-corrected chi connectivity index (χ2v) is 9.34. The van der Waals surface area contributed by atoms with E-state index in [1.54, 1.807) is 6.07 Å². The van der Waals surface area contributed by atoms with Gasteiger partial charge in [0.15, 0.2) is 0 Å². The first-order valence-corrected chi connectivity index (χ1v) is 11.8. The topological polar surface area (TPSA) is 78.5 Å². The van der Waals surface area contributed by atoms with Crippen LogP contribution in [-0.4, -0.2) is 47.8 Å². The van der Waals surface area contributed by atoms with Gasteiger partial charge in [0, 0.05) is 25.0 Å². The van der Waals surface area contributed by atoms with Crippen LogP contribution >= 0.6 is 11.3 Å². The maximum atomic E-state index is 12.9. The van der Waals surface area contributed by atoms with Gasteiger partial charge in [-0.05, 0) is 56.4 Å². The number of piperidine rings is 1. The molecule has 0 spiro atoms. The lowest BCUT2D eigenvalue weighted by molar-refractivity contribution is -0.137. The Labute approximate surface area is 177 Å². The Hall–Kier alpha value is -1.89. The number of nitrogens with zero attached hydrogens (tertiary/aromatic N) is 1. The third-order valence-electron chi connectivity index (χ3n) is 6.34. The van der Waals surface area contributed by atoms with Crippen molar-refractivity contribution in [1.29, 1.82) is 0 Å². The summed E-state index contributed by atoms with van der Waals surface area (Å²) in [6.07, 6.45) is 6.64. The number of nitrogens with one attached hydrogen (secondary N) is 2. The summed E-state index contributed by atoms with van der Waals surface area (Å²) in [7, 11) is 0. The highest BCUT2D eigenvalue weighted by Crippen LogP contribution is 2.29. The lowest BCUT2D eigenvalue weighted by atomic mass is 9.87. The lowest BCUT2D eigenvalue weighted by Crippen LogP contribution is -2.55. The van der Waals surface area contributed by atoms with Crippen LogP contribution in [0.15, 0.2) is 17.5 Å². The molecule has 2 atom stereocenters. The molecule has 1 aromatic heterocycles. The first-order chi connectivity index (χ1) is 14.0. The first kappa shape index (κ1) is 21.8. The molecular weight excluding hydrogens is 386 g/mol. The van der Waals surface area contributed by atoms with Gasteiger partial charge < -0.3 is 15.5 Å². The summed E-state index contributed by atoms with van der Waals surface area (Å²) in [6, 6.07) is 3.10. The zero-order valence-electron chi connectivity index (χ0n) is 17.5. The molecule has 3 rings (SSSR count). The van der Waals surface area contributed by atoms with Crippen molar-refractivity contribution in [3.63, 3.8) is 0 Å². The summed E-state index contributed by atoms with van der Waals surface area (Å²) in [6.45, 7) is 5.33. The predicted molar refractivity (Wildman–Crippen MR) is 115 cm³/mol. The van der Waals surface area contributed by atoms with Gasteiger partial charge in [0.2, 0.25) is 11.8 Å². The van der Waals surface area contributed by atoms with E-state index in [0.29, 0.717) is 18.0 Å². The molecule has 1 saturated carbocycles. The Balaban J connectivity index is 1.63. The van der Waals surface area contributed by atoms with E-state index in [2.05, 4.69) is 10.6 Å². The molecule has 2 fully saturated rings. The van der Waals surface area contributed by atoms with Gasteiger partial charge in [-0.25, -0.2) is 0 Å². The van der Waals surface area contributed by atoms with Crippen LogP contribution in [0.4, 0.5) is 0 Å². The van der Waals surface area contributed by atoms with E-state index >= 15 is 0 Å². The van der Waals surface area contributed by atoms with Crippen LogP contribution in [0.1, 0.15) is 68.5 Å². The number of carbonyl (C=O) groups is 3. The van der Waals surface area contributed by atoms with Crippen LogP contribution in [-0.2, 0) is 9.59 Å². The SMILES string of the molecule is CC[C@H](C)NC(=O)[C@H](NC(=O)c1cccs1)C1CCN(C(=O)C2CCCC2)CC1. The molecule has 1 saturated heterocycles. The van der Waals surface area contributed by atoms with Gasteiger partial charge in [-0.2, -0.15) is 0 Å². The van der Waals surface area contributed by atoms with Gasteiger partial charge >= 0.3 is 0 Å². The second-order valence-electron chi connectivity index (χ2n) is 8.39. The average molecular weight is 420 g/mol. The maximum absolute atomic E-state index is 12.9. The Bertz CT molecular complexity index is 692. The van der Waals surface area contributed by atoms with Gasteiger partial charge in [-0.1, -0.05) is 25.8 Å². The smallest absolute Gasteiger partial charge is 0.262 e. The highest BCUT2D eigenvalue weighted by Gasteiger charge is 2.36. The molecule has 6 nitrogen and oxygen atoms in total. The molecule has 160 valence electrons. The van der Waals surface area contributed by atoms with Crippen molar-refractivity contribution in [3.8, 4) is 0 Å². The van der Waals surface area contributed by atoms with Gasteiger partial charge in [-0.3, -0.25) is 14.4 Å². The van der Waals surface area contributed by atoms with Crippen LogP contribution in [0.5, 0.6) is 0 Å². The van der Waals surface area contributed by atoms with Crippen molar-refractivity contribution in [2.75, 3.05) is 13.1 Å². The summed E-state index contributed by atoms with van der Waals surface area (Å²) in [5.41, 5.74) is 0. The summed E-state index contributed by atoms with van der Waals surface area (Å²) >= 11 is 1.37. The third kappa shape index (κ3) is 5.59. The fourth-order valence-electron chi connectivity index (χ4n) is 4.34. The van der Waals surface area contributed by atoms with Crippen LogP contribution < -0.4 is 10.6 Å². The zero-order chi connectivity index (χ0) is 20.8. The molecule has 3 amide bonds.